The lowest BCUT2D eigenvalue weighted by Crippen LogP contribution is -2.42. The number of carbonyl (C=O) groups is 3. The highest BCUT2D eigenvalue weighted by Gasteiger charge is 2.40. The highest BCUT2D eigenvalue weighted by molar-refractivity contribution is 7.83. The molecule has 15 nitrogen and oxygen atoms in total. The molecule has 0 saturated heterocycles. The van der Waals surface area contributed by atoms with Gasteiger partial charge in [-0.1, -0.05) is 8.67 Å². The highest BCUT2D eigenvalue weighted by Crippen LogP contribution is 2.15. The van der Waals surface area contributed by atoms with Crippen LogP contribution in [-0.2, 0) is 43.8 Å². The van der Waals surface area contributed by atoms with Gasteiger partial charge in [-0.25, -0.2) is 4.79 Å². The molecule has 0 heterocycles. The molecule has 0 fully saturated rings. The van der Waals surface area contributed by atoms with Gasteiger partial charge in [0.05, 0.1) is 12.8 Å². The maximum absolute atomic E-state index is 10.3. The van der Waals surface area contributed by atoms with Gasteiger partial charge in [-0.05, 0) is 0 Å². The molecule has 0 saturated carbocycles. The largest absolute Gasteiger partial charge is 0.481 e. The van der Waals surface area contributed by atoms with E-state index in [1.165, 1.54) is 0 Å². The van der Waals surface area contributed by atoms with Gasteiger partial charge < -0.3 is 20.4 Å². The Morgan fingerprint density at radius 1 is 0.783 bits per heavy atom. The predicted octanol–water partition coefficient (Wildman–Crippen LogP) is -2.71. The Bertz CT molecular complexity index is 593. The van der Waals surface area contributed by atoms with Crippen molar-refractivity contribution in [2.45, 2.75) is 18.4 Å². The third-order valence-corrected chi connectivity index (χ3v) is 2.05. The van der Waals surface area contributed by atoms with E-state index in [1.807, 2.05) is 0 Å². The Morgan fingerprint density at radius 3 is 1.17 bits per heavy atom. The first kappa shape index (κ1) is 23.4. The second-order valence-corrected chi connectivity index (χ2v) is 5.45. The molecule has 0 aromatic heterocycles. The summed E-state index contributed by atoms with van der Waals surface area (Å²) < 4.78 is 58.9. The molecule has 0 radical (unpaired) electrons. The molecule has 0 rings (SSSR count). The zero-order chi connectivity index (χ0) is 19.1. The van der Waals surface area contributed by atoms with Crippen LogP contribution in [0.25, 0.3) is 0 Å². The third kappa shape index (κ3) is 14.8. The number of rotatable bonds is 8. The first-order valence-electron chi connectivity index (χ1n) is 4.70. The molecule has 0 aliphatic carbocycles. The summed E-state index contributed by atoms with van der Waals surface area (Å²) in [6.45, 7) is 0. The zero-order valence-corrected chi connectivity index (χ0v) is 12.2. The van der Waals surface area contributed by atoms with Crippen LogP contribution in [0.1, 0.15) is 12.8 Å². The second-order valence-electron chi connectivity index (χ2n) is 3.47. The van der Waals surface area contributed by atoms with Gasteiger partial charge in [0, 0.05) is 0 Å². The van der Waals surface area contributed by atoms with Crippen LogP contribution in [0.15, 0.2) is 0 Å². The average molecular weight is 386 g/mol. The van der Waals surface area contributed by atoms with Gasteiger partial charge in [0.15, 0.2) is 5.60 Å². The fourth-order valence-electron chi connectivity index (χ4n) is 0.784. The number of hydrogen-bond donors (Lipinski definition) is 6. The van der Waals surface area contributed by atoms with E-state index in [-0.39, 0.29) is 0 Å². The van der Waals surface area contributed by atoms with Crippen LogP contribution in [0.2, 0.25) is 0 Å². The van der Waals surface area contributed by atoms with Crippen LogP contribution in [0.5, 0.6) is 0 Å². The van der Waals surface area contributed by atoms with Crippen molar-refractivity contribution >= 4 is 38.7 Å². The molecule has 0 aliphatic heterocycles. The number of carboxylic acids is 3. The van der Waals surface area contributed by atoms with Crippen molar-refractivity contribution in [3.63, 3.8) is 0 Å². The first-order chi connectivity index (χ1) is 9.98. The maximum atomic E-state index is 10.3. The normalized spacial score (nSPS) is 12.0. The molecule has 6 N–H and O–H groups in total. The minimum absolute atomic E-state index is 1.14. The summed E-state index contributed by atoms with van der Waals surface area (Å²) in [6.07, 6.45) is -2.29. The standard InChI is InChI=1S/C6H8O7.H2O8S2/c7-3(8)1-6(13,5(11)12)2-4(9)10;1-9(2,3)7-8-10(4,5)6/h13H,1-2H2,(H,7,8)(H,9,10)(H,11,12);(H,1,2,3)(H,4,5,6). The summed E-state index contributed by atoms with van der Waals surface area (Å²) >= 11 is 0. The molecular weight excluding hydrogens is 376 g/mol. The minimum Gasteiger partial charge on any atom is -0.481 e. The molecule has 0 aromatic rings. The number of hydrogen-bond acceptors (Lipinski definition) is 10. The monoisotopic (exact) mass is 386 g/mol. The van der Waals surface area contributed by atoms with Crippen LogP contribution in [0, 0.1) is 0 Å². The van der Waals surface area contributed by atoms with Crippen molar-refractivity contribution in [3.8, 4) is 0 Å². The second kappa shape index (κ2) is 8.67. The Balaban J connectivity index is 0. The topological polar surface area (TPSA) is 259 Å². The van der Waals surface area contributed by atoms with E-state index in [4.69, 9.17) is 29.5 Å². The van der Waals surface area contributed by atoms with Crippen molar-refractivity contribution in [2.24, 2.45) is 0 Å². The summed E-state index contributed by atoms with van der Waals surface area (Å²) in [5.74, 6) is -5.02. The molecule has 0 spiro atoms. The molecule has 17 heteroatoms. The SMILES string of the molecule is O=C(O)CC(O)(CC(=O)O)C(=O)O.O=S(=O)(O)OOS(=O)(=O)O. The smallest absolute Gasteiger partial charge is 0.425 e. The Kier molecular flexibility index (Phi) is 8.81. The van der Waals surface area contributed by atoms with Gasteiger partial charge in [-0.2, -0.15) is 16.8 Å². The summed E-state index contributed by atoms with van der Waals surface area (Å²) in [4.78, 5) is 30.5. The van der Waals surface area contributed by atoms with E-state index in [9.17, 15) is 31.2 Å². The molecule has 0 unspecified atom stereocenters. The van der Waals surface area contributed by atoms with Gasteiger partial charge >= 0.3 is 38.7 Å². The molecule has 23 heavy (non-hydrogen) atoms. The van der Waals surface area contributed by atoms with E-state index in [2.05, 4.69) is 8.67 Å². The van der Waals surface area contributed by atoms with Gasteiger partial charge in [0.2, 0.25) is 0 Å². The average Bonchev–Trinajstić information content (AvgIpc) is 2.22. The van der Waals surface area contributed by atoms with Crippen LogP contribution in [0.4, 0.5) is 0 Å². The predicted molar refractivity (Wildman–Crippen MR) is 62.4 cm³/mol. The molecule has 0 amide bonds. The van der Waals surface area contributed by atoms with E-state index in [1.54, 1.807) is 0 Å². The van der Waals surface area contributed by atoms with Crippen LogP contribution >= 0.6 is 0 Å². The molecule has 0 aromatic carbocycles. The summed E-state index contributed by atoms with van der Waals surface area (Å²) in [5.41, 5.74) is -2.74. The summed E-state index contributed by atoms with van der Waals surface area (Å²) in [7, 11) is -10.0. The van der Waals surface area contributed by atoms with Crippen molar-refractivity contribution in [1.29, 1.82) is 0 Å². The van der Waals surface area contributed by atoms with Crippen molar-refractivity contribution < 1.29 is 69.4 Å². The maximum Gasteiger partial charge on any atom is 0.425 e. The third-order valence-electron chi connectivity index (χ3n) is 1.49. The Morgan fingerprint density at radius 2 is 1.04 bits per heavy atom. The lowest BCUT2D eigenvalue weighted by atomic mass is 9.96. The van der Waals surface area contributed by atoms with Crippen LogP contribution in [-0.4, -0.2) is 69.9 Å². The zero-order valence-electron chi connectivity index (χ0n) is 10.6. The van der Waals surface area contributed by atoms with Gasteiger partial charge in [0.25, 0.3) is 0 Å². The number of aliphatic carboxylic acids is 3. The Labute approximate surface area is 127 Å². The van der Waals surface area contributed by atoms with Crippen LogP contribution in [0.3, 0.4) is 0 Å². The van der Waals surface area contributed by atoms with Gasteiger partial charge in [0.1, 0.15) is 0 Å². The lowest BCUT2D eigenvalue weighted by Gasteiger charge is -2.18. The fourth-order valence-corrected chi connectivity index (χ4v) is 1.35. The van der Waals surface area contributed by atoms with Gasteiger partial charge in [-0.15, -0.1) is 0 Å². The minimum atomic E-state index is -5.02. The quantitative estimate of drug-likeness (QED) is 0.141. The van der Waals surface area contributed by atoms with Crippen molar-refractivity contribution in [3.05, 3.63) is 0 Å². The molecule has 0 aliphatic rings. The van der Waals surface area contributed by atoms with E-state index >= 15 is 0 Å². The van der Waals surface area contributed by atoms with Gasteiger partial charge in [-0.3, -0.25) is 18.7 Å². The fraction of sp³-hybridized carbons (Fsp3) is 0.500. The number of carboxylic acid groups (broad SMARTS) is 3. The molecular formula is C6H10O15S2. The lowest BCUT2D eigenvalue weighted by molar-refractivity contribution is -0.170. The molecule has 0 bridgehead atoms. The number of aliphatic hydroxyl groups is 1. The summed E-state index contributed by atoms with van der Waals surface area (Å²) in [6, 6.07) is 0. The molecule has 0 atom stereocenters. The van der Waals surface area contributed by atoms with Crippen molar-refractivity contribution in [2.75, 3.05) is 0 Å². The Hall–Kier alpha value is -1.89. The molecule has 136 valence electrons. The van der Waals surface area contributed by atoms with Crippen LogP contribution < -0.4 is 0 Å². The van der Waals surface area contributed by atoms with E-state index in [0.29, 0.717) is 0 Å². The summed E-state index contributed by atoms with van der Waals surface area (Å²) in [5, 5.41) is 33.8. The van der Waals surface area contributed by atoms with E-state index in [0.717, 1.165) is 0 Å². The van der Waals surface area contributed by atoms with Crippen molar-refractivity contribution in [1.82, 2.24) is 0 Å². The first-order valence-corrected chi connectivity index (χ1v) is 7.43. The highest BCUT2D eigenvalue weighted by atomic mass is 32.3. The van der Waals surface area contributed by atoms with E-state index < -0.39 is 57.1 Å².